The van der Waals surface area contributed by atoms with Crippen LogP contribution in [0.5, 0.6) is 5.75 Å². The van der Waals surface area contributed by atoms with E-state index < -0.39 is 0 Å². The van der Waals surface area contributed by atoms with Crippen LogP contribution in [-0.2, 0) is 17.9 Å². The number of nitrogens with zero attached hydrogens (tertiary/aromatic N) is 3. The fraction of sp³-hybridized carbons (Fsp3) is 0.526. The standard InChI is InChI=1S/C19H25ClN4O2S/c1-2-24-17(12-26-16-11-7-6-10-15(16)20)22-23-19(24)27-13-18(25)21-14-8-4-3-5-9-14/h6-7,10-11,14H,2-5,8-9,12-13H2,1H3,(H,21,25). The van der Waals surface area contributed by atoms with Gasteiger partial charge in [0.15, 0.2) is 11.0 Å². The van der Waals surface area contributed by atoms with Gasteiger partial charge in [0.2, 0.25) is 5.91 Å². The van der Waals surface area contributed by atoms with Crippen molar-refractivity contribution >= 4 is 29.3 Å². The number of hydrogen-bond acceptors (Lipinski definition) is 5. The molecule has 6 nitrogen and oxygen atoms in total. The maximum atomic E-state index is 12.2. The Morgan fingerprint density at radius 1 is 1.30 bits per heavy atom. The normalized spacial score (nSPS) is 14.9. The Kier molecular flexibility index (Phi) is 7.41. The summed E-state index contributed by atoms with van der Waals surface area (Å²) in [6, 6.07) is 7.67. The fourth-order valence-electron chi connectivity index (χ4n) is 3.20. The molecular formula is C19H25ClN4O2S. The van der Waals surface area contributed by atoms with Crippen molar-refractivity contribution in [2.45, 2.75) is 63.4 Å². The summed E-state index contributed by atoms with van der Waals surface area (Å²) in [7, 11) is 0. The van der Waals surface area contributed by atoms with Crippen LogP contribution in [0.4, 0.5) is 0 Å². The molecule has 1 N–H and O–H groups in total. The number of carbonyl (C=O) groups is 1. The molecule has 1 fully saturated rings. The van der Waals surface area contributed by atoms with Gasteiger partial charge in [-0.25, -0.2) is 0 Å². The molecular weight excluding hydrogens is 384 g/mol. The summed E-state index contributed by atoms with van der Waals surface area (Å²) in [6.07, 6.45) is 5.87. The van der Waals surface area contributed by atoms with Crippen molar-refractivity contribution in [3.8, 4) is 5.75 Å². The Morgan fingerprint density at radius 2 is 2.07 bits per heavy atom. The maximum absolute atomic E-state index is 12.2. The summed E-state index contributed by atoms with van der Waals surface area (Å²) in [4.78, 5) is 12.2. The average Bonchev–Trinajstić information content (AvgIpc) is 3.08. The fourth-order valence-corrected chi connectivity index (χ4v) is 4.22. The molecule has 1 saturated carbocycles. The van der Waals surface area contributed by atoms with Gasteiger partial charge < -0.3 is 14.6 Å². The molecule has 0 saturated heterocycles. The summed E-state index contributed by atoms with van der Waals surface area (Å²) in [5.41, 5.74) is 0. The van der Waals surface area contributed by atoms with E-state index in [0.717, 1.165) is 18.0 Å². The Bertz CT molecular complexity index is 762. The molecule has 146 valence electrons. The lowest BCUT2D eigenvalue weighted by Gasteiger charge is -2.22. The van der Waals surface area contributed by atoms with E-state index in [1.54, 1.807) is 6.07 Å². The minimum atomic E-state index is 0.0615. The molecule has 2 aromatic rings. The van der Waals surface area contributed by atoms with Crippen molar-refractivity contribution in [3.63, 3.8) is 0 Å². The largest absolute Gasteiger partial charge is 0.484 e. The average molecular weight is 409 g/mol. The number of halogens is 1. The number of nitrogens with one attached hydrogen (secondary N) is 1. The van der Waals surface area contributed by atoms with Gasteiger partial charge in [-0.15, -0.1) is 10.2 Å². The van der Waals surface area contributed by atoms with E-state index in [1.807, 2.05) is 29.7 Å². The number of benzene rings is 1. The molecule has 0 radical (unpaired) electrons. The minimum absolute atomic E-state index is 0.0615. The van der Waals surface area contributed by atoms with Crippen LogP contribution in [0.3, 0.4) is 0 Å². The lowest BCUT2D eigenvalue weighted by molar-refractivity contribution is -0.119. The summed E-state index contributed by atoms with van der Waals surface area (Å²) in [6.45, 7) is 3.01. The van der Waals surface area contributed by atoms with E-state index >= 15 is 0 Å². The first kappa shape index (κ1) is 20.0. The first-order valence-corrected chi connectivity index (χ1v) is 10.7. The van der Waals surface area contributed by atoms with Gasteiger partial charge >= 0.3 is 0 Å². The van der Waals surface area contributed by atoms with E-state index in [-0.39, 0.29) is 12.5 Å². The lowest BCUT2D eigenvalue weighted by Crippen LogP contribution is -2.37. The van der Waals surface area contributed by atoms with Crippen molar-refractivity contribution in [2.24, 2.45) is 0 Å². The zero-order chi connectivity index (χ0) is 19.1. The second kappa shape index (κ2) is 9.99. The van der Waals surface area contributed by atoms with E-state index in [1.165, 1.54) is 31.0 Å². The number of thioether (sulfide) groups is 1. The second-order valence-electron chi connectivity index (χ2n) is 6.55. The molecule has 1 amide bonds. The number of aromatic nitrogens is 3. The molecule has 0 bridgehead atoms. The summed E-state index contributed by atoms with van der Waals surface area (Å²) < 4.78 is 7.73. The van der Waals surface area contributed by atoms with Gasteiger partial charge in [0.25, 0.3) is 0 Å². The Hall–Kier alpha value is -1.73. The smallest absolute Gasteiger partial charge is 0.230 e. The Morgan fingerprint density at radius 3 is 2.81 bits per heavy atom. The van der Waals surface area contributed by atoms with E-state index in [2.05, 4.69) is 15.5 Å². The number of amides is 1. The van der Waals surface area contributed by atoms with Crippen LogP contribution < -0.4 is 10.1 Å². The van der Waals surface area contributed by atoms with Crippen LogP contribution in [0.15, 0.2) is 29.4 Å². The highest BCUT2D eigenvalue weighted by atomic mass is 35.5. The Balaban J connectivity index is 1.53. The van der Waals surface area contributed by atoms with Crippen LogP contribution in [0.1, 0.15) is 44.9 Å². The van der Waals surface area contributed by atoms with Crippen LogP contribution in [0, 0.1) is 0 Å². The van der Waals surface area contributed by atoms with Crippen LogP contribution in [-0.4, -0.2) is 32.5 Å². The molecule has 8 heteroatoms. The van der Waals surface area contributed by atoms with E-state index in [9.17, 15) is 4.79 Å². The summed E-state index contributed by atoms with van der Waals surface area (Å²) in [5, 5.41) is 12.9. The van der Waals surface area contributed by atoms with Crippen molar-refractivity contribution in [3.05, 3.63) is 35.1 Å². The quantitative estimate of drug-likeness (QED) is 0.666. The monoisotopic (exact) mass is 408 g/mol. The third-order valence-corrected chi connectivity index (χ3v) is 5.88. The predicted octanol–water partition coefficient (Wildman–Crippen LogP) is 4.07. The molecule has 1 aromatic carbocycles. The molecule has 0 aliphatic heterocycles. The molecule has 0 spiro atoms. The van der Waals surface area contributed by atoms with E-state index in [4.69, 9.17) is 16.3 Å². The minimum Gasteiger partial charge on any atom is -0.484 e. The van der Waals surface area contributed by atoms with Gasteiger partial charge in [-0.1, -0.05) is 54.8 Å². The van der Waals surface area contributed by atoms with E-state index in [0.29, 0.717) is 34.9 Å². The number of rotatable bonds is 8. The third-order valence-electron chi connectivity index (χ3n) is 4.61. The van der Waals surface area contributed by atoms with Gasteiger partial charge in [0.05, 0.1) is 10.8 Å². The van der Waals surface area contributed by atoms with Crippen molar-refractivity contribution in [1.29, 1.82) is 0 Å². The number of hydrogen-bond donors (Lipinski definition) is 1. The highest BCUT2D eigenvalue weighted by Gasteiger charge is 2.18. The van der Waals surface area contributed by atoms with Crippen molar-refractivity contribution in [2.75, 3.05) is 5.75 Å². The summed E-state index contributed by atoms with van der Waals surface area (Å²) in [5.74, 6) is 1.74. The molecule has 3 rings (SSSR count). The highest BCUT2D eigenvalue weighted by molar-refractivity contribution is 7.99. The number of para-hydroxylation sites is 1. The van der Waals surface area contributed by atoms with Crippen LogP contribution in [0.25, 0.3) is 0 Å². The topological polar surface area (TPSA) is 69.0 Å². The van der Waals surface area contributed by atoms with Gasteiger partial charge in [0, 0.05) is 12.6 Å². The predicted molar refractivity (Wildman–Crippen MR) is 107 cm³/mol. The summed E-state index contributed by atoms with van der Waals surface area (Å²) >= 11 is 7.53. The highest BCUT2D eigenvalue weighted by Crippen LogP contribution is 2.25. The van der Waals surface area contributed by atoms with Crippen molar-refractivity contribution < 1.29 is 9.53 Å². The SMILES string of the molecule is CCn1c(COc2ccccc2Cl)nnc1SCC(=O)NC1CCCCC1. The Labute approximate surface area is 169 Å². The molecule has 1 aromatic heterocycles. The molecule has 0 atom stereocenters. The van der Waals surface area contributed by atoms with Gasteiger partial charge in [0.1, 0.15) is 12.4 Å². The van der Waals surface area contributed by atoms with Crippen molar-refractivity contribution in [1.82, 2.24) is 20.1 Å². The molecule has 1 aliphatic carbocycles. The van der Waals surface area contributed by atoms with Gasteiger partial charge in [-0.2, -0.15) is 0 Å². The second-order valence-corrected chi connectivity index (χ2v) is 7.90. The van der Waals surface area contributed by atoms with Crippen LogP contribution in [0.2, 0.25) is 5.02 Å². The first-order valence-electron chi connectivity index (χ1n) is 9.39. The number of ether oxygens (including phenoxy) is 1. The molecule has 1 aliphatic rings. The van der Waals surface area contributed by atoms with Gasteiger partial charge in [-0.3, -0.25) is 4.79 Å². The zero-order valence-electron chi connectivity index (χ0n) is 15.5. The van der Waals surface area contributed by atoms with Gasteiger partial charge in [-0.05, 0) is 31.9 Å². The molecule has 0 unspecified atom stereocenters. The lowest BCUT2D eigenvalue weighted by atomic mass is 9.95. The number of carbonyl (C=O) groups excluding carboxylic acids is 1. The van der Waals surface area contributed by atoms with Crippen LogP contribution >= 0.6 is 23.4 Å². The first-order chi connectivity index (χ1) is 13.2. The zero-order valence-corrected chi connectivity index (χ0v) is 17.1. The molecule has 27 heavy (non-hydrogen) atoms. The molecule has 1 heterocycles. The maximum Gasteiger partial charge on any atom is 0.230 e. The third kappa shape index (κ3) is 5.62.